The van der Waals surface area contributed by atoms with Crippen molar-refractivity contribution in [2.24, 2.45) is 0 Å². The summed E-state index contributed by atoms with van der Waals surface area (Å²) in [6, 6.07) is 14.7. The normalized spacial score (nSPS) is 15.4. The Morgan fingerprint density at radius 3 is 2.96 bits per heavy atom. The third kappa shape index (κ3) is 3.30. The third-order valence-corrected chi connectivity index (χ3v) is 4.62. The number of ether oxygens (including phenoxy) is 1. The first-order chi connectivity index (χ1) is 12.6. The Bertz CT molecular complexity index is 967. The number of carbonyl (C=O) groups excluding carboxylic acids is 1. The lowest BCUT2D eigenvalue weighted by Gasteiger charge is -2.04. The van der Waals surface area contributed by atoms with E-state index in [4.69, 9.17) is 20.9 Å². The molecular weight excluding hydrogens is 352 g/mol. The number of hydrogen-bond acceptors (Lipinski definition) is 4. The molecule has 1 aromatic heterocycles. The van der Waals surface area contributed by atoms with Gasteiger partial charge in [-0.1, -0.05) is 28.9 Å². The number of nitrogens with one attached hydrogen (secondary N) is 1. The Morgan fingerprint density at radius 2 is 2.12 bits per heavy atom. The molecule has 5 nitrogen and oxygen atoms in total. The van der Waals surface area contributed by atoms with Gasteiger partial charge in [0.2, 0.25) is 0 Å². The highest BCUT2D eigenvalue weighted by Crippen LogP contribution is 2.33. The molecule has 1 N–H and O–H groups in total. The fourth-order valence-corrected chi connectivity index (χ4v) is 3.24. The van der Waals surface area contributed by atoms with Crippen LogP contribution >= 0.6 is 11.6 Å². The average molecular weight is 369 g/mol. The van der Waals surface area contributed by atoms with Crippen molar-refractivity contribution >= 4 is 17.5 Å². The van der Waals surface area contributed by atoms with Crippen LogP contribution in [0.1, 0.15) is 28.5 Å². The second kappa shape index (κ2) is 6.84. The number of halogens is 1. The minimum absolute atomic E-state index is 0.200. The van der Waals surface area contributed by atoms with Gasteiger partial charge in [-0.05, 0) is 42.8 Å². The molecule has 1 atom stereocenters. The highest BCUT2D eigenvalue weighted by Gasteiger charge is 2.20. The van der Waals surface area contributed by atoms with Crippen LogP contribution in [0.2, 0.25) is 5.02 Å². The summed E-state index contributed by atoms with van der Waals surface area (Å²) in [7, 11) is 0. The van der Waals surface area contributed by atoms with E-state index < -0.39 is 0 Å². The lowest BCUT2D eigenvalue weighted by molar-refractivity contribution is 0.0950. The van der Waals surface area contributed by atoms with Gasteiger partial charge >= 0.3 is 0 Å². The molecule has 3 aromatic rings. The third-order valence-electron chi connectivity index (χ3n) is 4.29. The zero-order valence-corrected chi connectivity index (χ0v) is 14.9. The van der Waals surface area contributed by atoms with Crippen LogP contribution in [-0.4, -0.2) is 17.2 Å². The van der Waals surface area contributed by atoms with Crippen LogP contribution in [0.3, 0.4) is 0 Å². The fourth-order valence-electron chi connectivity index (χ4n) is 3.02. The van der Waals surface area contributed by atoms with E-state index in [0.29, 0.717) is 22.0 Å². The summed E-state index contributed by atoms with van der Waals surface area (Å²) in [5.74, 6) is 1.34. The van der Waals surface area contributed by atoms with Gasteiger partial charge in [-0.2, -0.15) is 0 Å². The van der Waals surface area contributed by atoms with Crippen molar-refractivity contribution in [3.63, 3.8) is 0 Å². The smallest absolute Gasteiger partial charge is 0.253 e. The van der Waals surface area contributed by atoms with Crippen LogP contribution in [0.5, 0.6) is 5.75 Å². The van der Waals surface area contributed by atoms with Crippen LogP contribution in [-0.2, 0) is 13.0 Å². The molecule has 4 rings (SSSR count). The second-order valence-electron chi connectivity index (χ2n) is 6.30. The predicted molar refractivity (Wildman–Crippen MR) is 98.4 cm³/mol. The zero-order valence-electron chi connectivity index (χ0n) is 14.2. The van der Waals surface area contributed by atoms with E-state index in [1.54, 1.807) is 24.3 Å². The molecule has 0 aliphatic carbocycles. The number of carbonyl (C=O) groups is 1. The molecule has 132 valence electrons. The van der Waals surface area contributed by atoms with E-state index in [0.717, 1.165) is 17.7 Å². The Hall–Kier alpha value is -2.79. The molecular formula is C20H17ClN2O3. The predicted octanol–water partition coefficient (Wildman–Crippen LogP) is 4.25. The molecule has 0 saturated carbocycles. The SMILES string of the molecule is CC1Cc2cc(-c3cc(CNC(=O)c4ccccc4Cl)no3)ccc2O1. The molecule has 26 heavy (non-hydrogen) atoms. The van der Waals surface area contributed by atoms with Crippen molar-refractivity contribution in [3.05, 3.63) is 70.4 Å². The molecule has 2 heterocycles. The van der Waals surface area contributed by atoms with Gasteiger partial charge in [0.15, 0.2) is 5.76 Å². The average Bonchev–Trinajstić information content (AvgIpc) is 3.24. The Balaban J connectivity index is 1.45. The standard InChI is InChI=1S/C20H17ClN2O3/c1-12-8-14-9-13(6-7-18(14)25-12)19-10-15(23-26-19)11-22-20(24)16-4-2-3-5-17(16)21/h2-7,9-10,12H,8,11H2,1H3,(H,22,24). The molecule has 1 aliphatic heterocycles. The van der Waals surface area contributed by atoms with E-state index in [1.807, 2.05) is 25.1 Å². The highest BCUT2D eigenvalue weighted by atomic mass is 35.5. The van der Waals surface area contributed by atoms with Crippen LogP contribution in [0.25, 0.3) is 11.3 Å². The molecule has 0 radical (unpaired) electrons. The van der Waals surface area contributed by atoms with Crippen LogP contribution < -0.4 is 10.1 Å². The number of hydrogen-bond donors (Lipinski definition) is 1. The summed E-state index contributed by atoms with van der Waals surface area (Å²) < 4.78 is 11.1. The maximum atomic E-state index is 12.2. The van der Waals surface area contributed by atoms with E-state index in [9.17, 15) is 4.79 Å². The first-order valence-corrected chi connectivity index (χ1v) is 8.76. The summed E-state index contributed by atoms with van der Waals surface area (Å²) in [5, 5.41) is 7.25. The van der Waals surface area contributed by atoms with Gasteiger partial charge in [0.05, 0.1) is 17.1 Å². The number of amides is 1. The van der Waals surface area contributed by atoms with Crippen LogP contribution in [0, 0.1) is 0 Å². The number of fused-ring (bicyclic) bond motifs is 1. The molecule has 1 amide bonds. The molecule has 0 bridgehead atoms. The van der Waals surface area contributed by atoms with E-state index in [1.165, 1.54) is 5.56 Å². The highest BCUT2D eigenvalue weighted by molar-refractivity contribution is 6.33. The quantitative estimate of drug-likeness (QED) is 0.747. The first kappa shape index (κ1) is 16.7. The van der Waals surface area contributed by atoms with E-state index >= 15 is 0 Å². The van der Waals surface area contributed by atoms with Crippen molar-refractivity contribution in [2.75, 3.05) is 0 Å². The fraction of sp³-hybridized carbons (Fsp3) is 0.200. The van der Waals surface area contributed by atoms with Crippen LogP contribution in [0.4, 0.5) is 0 Å². The molecule has 2 aromatic carbocycles. The van der Waals surface area contributed by atoms with Gasteiger partial charge < -0.3 is 14.6 Å². The number of aromatic nitrogens is 1. The molecule has 0 spiro atoms. The second-order valence-corrected chi connectivity index (χ2v) is 6.71. The lowest BCUT2D eigenvalue weighted by atomic mass is 10.1. The van der Waals surface area contributed by atoms with Crippen LogP contribution in [0.15, 0.2) is 53.1 Å². The molecule has 1 aliphatic rings. The van der Waals surface area contributed by atoms with Crippen molar-refractivity contribution in [1.82, 2.24) is 10.5 Å². The largest absolute Gasteiger partial charge is 0.490 e. The van der Waals surface area contributed by atoms with Gasteiger partial charge in [0, 0.05) is 18.1 Å². The van der Waals surface area contributed by atoms with Gasteiger partial charge in [0.1, 0.15) is 17.5 Å². The minimum atomic E-state index is -0.246. The number of rotatable bonds is 4. The molecule has 1 unspecified atom stereocenters. The zero-order chi connectivity index (χ0) is 18.1. The van der Waals surface area contributed by atoms with Gasteiger partial charge in [-0.15, -0.1) is 0 Å². The summed E-state index contributed by atoms with van der Waals surface area (Å²) in [5.41, 5.74) is 3.19. The minimum Gasteiger partial charge on any atom is -0.490 e. The molecule has 0 saturated heterocycles. The number of benzene rings is 2. The van der Waals surface area contributed by atoms with Crippen molar-refractivity contribution in [1.29, 1.82) is 0 Å². The first-order valence-electron chi connectivity index (χ1n) is 8.38. The monoisotopic (exact) mass is 368 g/mol. The molecule has 6 heteroatoms. The van der Waals surface area contributed by atoms with E-state index in [-0.39, 0.29) is 18.6 Å². The summed E-state index contributed by atoms with van der Waals surface area (Å²) >= 11 is 6.04. The number of nitrogens with zero attached hydrogens (tertiary/aromatic N) is 1. The maximum absolute atomic E-state index is 12.2. The summed E-state index contributed by atoms with van der Waals surface area (Å²) in [6.07, 6.45) is 1.09. The van der Waals surface area contributed by atoms with Crippen molar-refractivity contribution in [3.8, 4) is 17.1 Å². The summed E-state index contributed by atoms with van der Waals surface area (Å²) in [6.45, 7) is 2.31. The topological polar surface area (TPSA) is 64.4 Å². The van der Waals surface area contributed by atoms with Crippen molar-refractivity contribution < 1.29 is 14.1 Å². The van der Waals surface area contributed by atoms with Gasteiger partial charge in [-0.3, -0.25) is 4.79 Å². The van der Waals surface area contributed by atoms with E-state index in [2.05, 4.69) is 16.5 Å². The van der Waals surface area contributed by atoms with Gasteiger partial charge in [-0.25, -0.2) is 0 Å². The lowest BCUT2D eigenvalue weighted by Crippen LogP contribution is -2.23. The Morgan fingerprint density at radius 1 is 1.27 bits per heavy atom. The Kier molecular flexibility index (Phi) is 4.39. The maximum Gasteiger partial charge on any atom is 0.253 e. The van der Waals surface area contributed by atoms with Gasteiger partial charge in [0.25, 0.3) is 5.91 Å². The molecule has 0 fully saturated rings. The Labute approximate surface area is 155 Å². The summed E-state index contributed by atoms with van der Waals surface area (Å²) in [4.78, 5) is 12.2. The van der Waals surface area contributed by atoms with Crippen molar-refractivity contribution in [2.45, 2.75) is 26.0 Å².